The number of rotatable bonds is 7. The van der Waals surface area contributed by atoms with Gasteiger partial charge >= 0.3 is 0 Å². The molecule has 1 aliphatic heterocycles. The zero-order valence-corrected chi connectivity index (χ0v) is 14.4. The Morgan fingerprint density at radius 1 is 1.17 bits per heavy atom. The van der Waals surface area contributed by atoms with Crippen LogP contribution in [-0.2, 0) is 0 Å². The highest BCUT2D eigenvalue weighted by Crippen LogP contribution is 2.38. The molecule has 1 saturated heterocycles. The van der Waals surface area contributed by atoms with Crippen molar-refractivity contribution in [2.45, 2.75) is 75.7 Å². The van der Waals surface area contributed by atoms with Crippen LogP contribution >= 0.6 is 23.5 Å². The van der Waals surface area contributed by atoms with Crippen LogP contribution in [0.1, 0.15) is 53.9 Å². The molecular weight excluding hydrogens is 258 g/mol. The monoisotopic (exact) mass is 289 g/mol. The Balaban J connectivity index is 2.47. The summed E-state index contributed by atoms with van der Waals surface area (Å²) in [4.78, 5) is 0. The van der Waals surface area contributed by atoms with Crippen LogP contribution in [0.4, 0.5) is 0 Å². The Morgan fingerprint density at radius 2 is 1.89 bits per heavy atom. The van der Waals surface area contributed by atoms with Gasteiger partial charge < -0.3 is 5.32 Å². The van der Waals surface area contributed by atoms with Gasteiger partial charge in [-0.25, -0.2) is 0 Å². The molecular formula is C15H31NS2. The minimum absolute atomic E-state index is 0.722. The van der Waals surface area contributed by atoms with Gasteiger partial charge in [0.15, 0.2) is 0 Å². The summed E-state index contributed by atoms with van der Waals surface area (Å²) in [7, 11) is 0. The van der Waals surface area contributed by atoms with Crippen molar-refractivity contribution in [1.29, 1.82) is 0 Å². The molecule has 1 heterocycles. The summed E-state index contributed by atoms with van der Waals surface area (Å²) in [5.41, 5.74) is 0. The van der Waals surface area contributed by atoms with E-state index in [2.05, 4.69) is 63.5 Å². The molecule has 4 atom stereocenters. The summed E-state index contributed by atoms with van der Waals surface area (Å²) < 4.78 is 0. The van der Waals surface area contributed by atoms with E-state index in [9.17, 15) is 0 Å². The Kier molecular flexibility index (Phi) is 8.13. The van der Waals surface area contributed by atoms with Crippen molar-refractivity contribution in [3.8, 4) is 0 Å². The molecule has 1 fully saturated rings. The van der Waals surface area contributed by atoms with E-state index < -0.39 is 0 Å². The molecule has 3 heteroatoms. The summed E-state index contributed by atoms with van der Waals surface area (Å²) in [6, 6.07) is 0.722. The molecule has 0 spiro atoms. The van der Waals surface area contributed by atoms with Gasteiger partial charge in [-0.2, -0.15) is 23.5 Å². The standard InChI is InChI=1S/C15H31NS2/c1-6-9-16-14(8-7-11(2)3)15-10-17-12(4)13(5)18-15/h11-16H,6-10H2,1-5H3. The maximum Gasteiger partial charge on any atom is 0.0294 e. The molecule has 4 unspecified atom stereocenters. The first-order chi connectivity index (χ1) is 8.54. The minimum atomic E-state index is 0.722. The van der Waals surface area contributed by atoms with Crippen molar-refractivity contribution >= 4 is 23.5 Å². The van der Waals surface area contributed by atoms with Gasteiger partial charge in [0.05, 0.1) is 0 Å². The van der Waals surface area contributed by atoms with Gasteiger partial charge in [0.25, 0.3) is 0 Å². The number of hydrogen-bond donors (Lipinski definition) is 1. The van der Waals surface area contributed by atoms with Gasteiger partial charge in [-0.15, -0.1) is 0 Å². The van der Waals surface area contributed by atoms with Crippen LogP contribution in [0.5, 0.6) is 0 Å². The molecule has 108 valence electrons. The molecule has 0 amide bonds. The second-order valence-corrected chi connectivity index (χ2v) is 8.98. The van der Waals surface area contributed by atoms with Crippen molar-refractivity contribution in [3.63, 3.8) is 0 Å². The third-order valence-corrected chi connectivity index (χ3v) is 7.29. The zero-order valence-electron chi connectivity index (χ0n) is 12.7. The summed E-state index contributed by atoms with van der Waals surface area (Å²) in [5, 5.41) is 6.23. The topological polar surface area (TPSA) is 12.0 Å². The Labute approximate surface area is 123 Å². The fraction of sp³-hybridized carbons (Fsp3) is 1.00. The van der Waals surface area contributed by atoms with E-state index in [-0.39, 0.29) is 0 Å². The highest BCUT2D eigenvalue weighted by atomic mass is 32.2. The lowest BCUT2D eigenvalue weighted by atomic mass is 10.0. The lowest BCUT2D eigenvalue weighted by Crippen LogP contribution is -2.43. The quantitative estimate of drug-likeness (QED) is 0.745. The lowest BCUT2D eigenvalue weighted by molar-refractivity contribution is 0.427. The van der Waals surface area contributed by atoms with Crippen molar-refractivity contribution in [3.05, 3.63) is 0 Å². The van der Waals surface area contributed by atoms with Crippen LogP contribution < -0.4 is 5.32 Å². The van der Waals surface area contributed by atoms with E-state index in [1.165, 1.54) is 31.6 Å². The predicted octanol–water partition coefficient (Wildman–Crippen LogP) is 4.42. The molecule has 1 aliphatic rings. The zero-order chi connectivity index (χ0) is 13.5. The molecule has 0 aliphatic carbocycles. The molecule has 0 saturated carbocycles. The second-order valence-electron chi connectivity index (χ2n) is 5.95. The Hall–Kier alpha value is 0.660. The molecule has 0 aromatic heterocycles. The average molecular weight is 290 g/mol. The summed E-state index contributed by atoms with van der Waals surface area (Å²) >= 11 is 4.39. The second kappa shape index (κ2) is 8.76. The van der Waals surface area contributed by atoms with Gasteiger partial charge in [-0.3, -0.25) is 0 Å². The molecule has 18 heavy (non-hydrogen) atoms. The maximum absolute atomic E-state index is 3.80. The van der Waals surface area contributed by atoms with E-state index in [1.807, 2.05) is 0 Å². The highest BCUT2D eigenvalue weighted by Gasteiger charge is 2.30. The third-order valence-electron chi connectivity index (χ3n) is 3.73. The van der Waals surface area contributed by atoms with E-state index >= 15 is 0 Å². The van der Waals surface area contributed by atoms with Crippen molar-refractivity contribution in [1.82, 2.24) is 5.32 Å². The first kappa shape index (κ1) is 16.7. The SMILES string of the molecule is CCCNC(CCC(C)C)C1CSC(C)C(C)S1. The first-order valence-corrected chi connectivity index (χ1v) is 9.54. The third kappa shape index (κ3) is 5.75. The van der Waals surface area contributed by atoms with Crippen molar-refractivity contribution in [2.24, 2.45) is 5.92 Å². The molecule has 1 rings (SSSR count). The van der Waals surface area contributed by atoms with E-state index in [4.69, 9.17) is 0 Å². The summed E-state index contributed by atoms with van der Waals surface area (Å²) in [6.07, 6.45) is 3.94. The van der Waals surface area contributed by atoms with Crippen LogP contribution in [0.2, 0.25) is 0 Å². The summed E-state index contributed by atoms with van der Waals surface area (Å²) in [6.45, 7) is 12.9. The van der Waals surface area contributed by atoms with Gasteiger partial charge in [0.1, 0.15) is 0 Å². The van der Waals surface area contributed by atoms with E-state index in [0.29, 0.717) is 0 Å². The van der Waals surface area contributed by atoms with Crippen LogP contribution in [0.15, 0.2) is 0 Å². The fourth-order valence-corrected chi connectivity index (χ4v) is 5.45. The van der Waals surface area contributed by atoms with Crippen LogP contribution in [0.25, 0.3) is 0 Å². The van der Waals surface area contributed by atoms with Gasteiger partial charge in [0, 0.05) is 27.5 Å². The largest absolute Gasteiger partial charge is 0.313 e. The van der Waals surface area contributed by atoms with E-state index in [1.54, 1.807) is 0 Å². The first-order valence-electron chi connectivity index (χ1n) is 7.55. The number of nitrogens with one attached hydrogen (secondary N) is 1. The van der Waals surface area contributed by atoms with Crippen LogP contribution in [-0.4, -0.2) is 34.1 Å². The van der Waals surface area contributed by atoms with Crippen LogP contribution in [0, 0.1) is 5.92 Å². The molecule has 0 aromatic carbocycles. The van der Waals surface area contributed by atoms with Crippen molar-refractivity contribution in [2.75, 3.05) is 12.3 Å². The van der Waals surface area contributed by atoms with Gasteiger partial charge in [-0.1, -0.05) is 34.6 Å². The Morgan fingerprint density at radius 3 is 2.44 bits per heavy atom. The lowest BCUT2D eigenvalue weighted by Gasteiger charge is -2.36. The van der Waals surface area contributed by atoms with Crippen LogP contribution in [0.3, 0.4) is 0 Å². The molecule has 0 bridgehead atoms. The molecule has 1 N–H and O–H groups in total. The molecule has 0 aromatic rings. The average Bonchev–Trinajstić information content (AvgIpc) is 2.33. The Bertz CT molecular complexity index is 221. The van der Waals surface area contributed by atoms with E-state index in [0.717, 1.165) is 27.7 Å². The molecule has 1 nitrogen and oxygen atoms in total. The smallest absolute Gasteiger partial charge is 0.0294 e. The fourth-order valence-electron chi connectivity index (χ4n) is 2.28. The number of hydrogen-bond acceptors (Lipinski definition) is 3. The molecule has 0 radical (unpaired) electrons. The van der Waals surface area contributed by atoms with Crippen molar-refractivity contribution < 1.29 is 0 Å². The maximum atomic E-state index is 3.80. The van der Waals surface area contributed by atoms with Gasteiger partial charge in [-0.05, 0) is 31.7 Å². The van der Waals surface area contributed by atoms with Gasteiger partial charge in [0.2, 0.25) is 0 Å². The highest BCUT2D eigenvalue weighted by molar-refractivity contribution is 8.07. The summed E-state index contributed by atoms with van der Waals surface area (Å²) in [5.74, 6) is 2.16. The minimum Gasteiger partial charge on any atom is -0.313 e. The normalized spacial score (nSPS) is 30.7. The predicted molar refractivity (Wildman–Crippen MR) is 88.9 cm³/mol. The number of thioether (sulfide) groups is 2.